The van der Waals surface area contributed by atoms with Crippen molar-refractivity contribution in [3.8, 4) is 0 Å². The molecule has 0 saturated heterocycles. The molecule has 0 aliphatic heterocycles. The van der Waals surface area contributed by atoms with E-state index in [1.807, 2.05) is 0 Å². The summed E-state index contributed by atoms with van der Waals surface area (Å²) in [5.74, 6) is 0. The average Bonchev–Trinajstić information content (AvgIpc) is 1.96. The number of nitrogens with one attached hydrogen (secondary N) is 1. The Bertz CT molecular complexity index is 141. The molecule has 2 N–H and O–H groups in total. The summed E-state index contributed by atoms with van der Waals surface area (Å²) in [6.45, 7) is 4.17. The molecule has 0 spiro atoms. The van der Waals surface area contributed by atoms with Crippen molar-refractivity contribution in [3.63, 3.8) is 0 Å². The highest BCUT2D eigenvalue weighted by Crippen LogP contribution is 2.39. The molecule has 12 heavy (non-hydrogen) atoms. The Balaban J connectivity index is 2.04. The zero-order valence-electron chi connectivity index (χ0n) is 7.81. The van der Waals surface area contributed by atoms with Crippen LogP contribution in [-0.2, 0) is 0 Å². The number of alkyl halides is 1. The van der Waals surface area contributed by atoms with Crippen molar-refractivity contribution in [1.82, 2.24) is 5.32 Å². The second-order valence-corrected chi connectivity index (χ2v) is 4.49. The van der Waals surface area contributed by atoms with Crippen LogP contribution >= 0.6 is 0 Å². The van der Waals surface area contributed by atoms with Crippen molar-refractivity contribution in [2.45, 2.75) is 38.8 Å². The largest absolute Gasteiger partial charge is 0.389 e. The molecule has 1 aliphatic carbocycles. The summed E-state index contributed by atoms with van der Waals surface area (Å²) in [5, 5.41) is 12.1. The van der Waals surface area contributed by atoms with E-state index in [9.17, 15) is 4.39 Å². The predicted molar refractivity (Wildman–Crippen MR) is 46.8 cm³/mol. The van der Waals surface area contributed by atoms with Gasteiger partial charge >= 0.3 is 0 Å². The second kappa shape index (κ2) is 3.71. The maximum absolute atomic E-state index is 11.8. The maximum atomic E-state index is 11.8. The summed E-state index contributed by atoms with van der Waals surface area (Å²) >= 11 is 0. The van der Waals surface area contributed by atoms with Crippen LogP contribution in [0.25, 0.3) is 0 Å². The van der Waals surface area contributed by atoms with E-state index in [1.165, 1.54) is 0 Å². The molecule has 0 aromatic rings. The molecule has 1 unspecified atom stereocenters. The highest BCUT2D eigenvalue weighted by Gasteiger charge is 2.35. The number of aliphatic hydroxyl groups excluding tert-OH is 1. The smallest absolute Gasteiger partial charge is 0.117 e. The van der Waals surface area contributed by atoms with Crippen molar-refractivity contribution in [2.24, 2.45) is 5.41 Å². The summed E-state index contributed by atoms with van der Waals surface area (Å²) in [6.07, 6.45) is 1.44. The van der Waals surface area contributed by atoms with Crippen LogP contribution in [0.4, 0.5) is 4.39 Å². The molecule has 3 heteroatoms. The first-order chi connectivity index (χ1) is 5.53. The molecule has 2 nitrogen and oxygen atoms in total. The molecular weight excluding hydrogens is 157 g/mol. The molecule has 0 bridgehead atoms. The molecule has 0 radical (unpaired) electrons. The third kappa shape index (κ3) is 2.72. The van der Waals surface area contributed by atoms with Gasteiger partial charge in [0, 0.05) is 12.6 Å². The molecular formula is C9H18FNO. The number of hydrogen-bond acceptors (Lipinski definition) is 2. The van der Waals surface area contributed by atoms with E-state index < -0.39 is 12.8 Å². The molecule has 1 fully saturated rings. The predicted octanol–water partition coefficient (Wildman–Crippen LogP) is 1.09. The topological polar surface area (TPSA) is 32.3 Å². The lowest BCUT2D eigenvalue weighted by Gasteiger charge is -2.43. The lowest BCUT2D eigenvalue weighted by atomic mass is 9.68. The first-order valence-electron chi connectivity index (χ1n) is 4.51. The van der Waals surface area contributed by atoms with Crippen LogP contribution in [0.15, 0.2) is 0 Å². The lowest BCUT2D eigenvalue weighted by molar-refractivity contribution is 0.0921. The molecule has 0 aromatic carbocycles. The van der Waals surface area contributed by atoms with Crippen LogP contribution in [0.2, 0.25) is 0 Å². The zero-order chi connectivity index (χ0) is 9.19. The van der Waals surface area contributed by atoms with Gasteiger partial charge < -0.3 is 10.4 Å². The van der Waals surface area contributed by atoms with Gasteiger partial charge in [-0.2, -0.15) is 0 Å². The van der Waals surface area contributed by atoms with E-state index in [-0.39, 0.29) is 0 Å². The highest BCUT2D eigenvalue weighted by molar-refractivity contribution is 4.91. The number of aliphatic hydroxyl groups is 1. The molecule has 1 atom stereocenters. The van der Waals surface area contributed by atoms with Crippen LogP contribution in [0.1, 0.15) is 26.7 Å². The summed E-state index contributed by atoms with van der Waals surface area (Å²) in [4.78, 5) is 0. The van der Waals surface area contributed by atoms with E-state index in [4.69, 9.17) is 5.11 Å². The molecule has 1 saturated carbocycles. The van der Waals surface area contributed by atoms with Crippen LogP contribution in [0.5, 0.6) is 0 Å². The molecule has 1 aliphatic rings. The Labute approximate surface area is 73.2 Å². The zero-order valence-corrected chi connectivity index (χ0v) is 7.81. The van der Waals surface area contributed by atoms with Crippen molar-refractivity contribution in [2.75, 3.05) is 13.2 Å². The lowest BCUT2D eigenvalue weighted by Crippen LogP contribution is -2.48. The van der Waals surface area contributed by atoms with Crippen LogP contribution in [-0.4, -0.2) is 30.5 Å². The Kier molecular flexibility index (Phi) is 3.07. The standard InChI is InChI=1S/C9H18FNO/c1-9(2)3-7(4-9)11-6-8(12)5-10/h7-8,11-12H,3-6H2,1-2H3. The van der Waals surface area contributed by atoms with Gasteiger partial charge in [0.05, 0.1) is 6.10 Å². The normalized spacial score (nSPS) is 25.0. The first kappa shape index (κ1) is 9.93. The summed E-state index contributed by atoms with van der Waals surface area (Å²) < 4.78 is 11.8. The maximum Gasteiger partial charge on any atom is 0.117 e. The molecule has 0 aromatic heterocycles. The Morgan fingerprint density at radius 2 is 2.17 bits per heavy atom. The summed E-state index contributed by atoms with van der Waals surface area (Å²) in [5.41, 5.74) is 0.443. The molecule has 72 valence electrons. The van der Waals surface area contributed by atoms with E-state index in [0.717, 1.165) is 12.8 Å². The highest BCUT2D eigenvalue weighted by atomic mass is 19.1. The van der Waals surface area contributed by atoms with Gasteiger partial charge in [0.15, 0.2) is 0 Å². The van der Waals surface area contributed by atoms with Gasteiger partial charge in [-0.1, -0.05) is 13.8 Å². The van der Waals surface area contributed by atoms with Gasteiger partial charge in [0.1, 0.15) is 6.67 Å². The van der Waals surface area contributed by atoms with Crippen molar-refractivity contribution in [1.29, 1.82) is 0 Å². The monoisotopic (exact) mass is 175 g/mol. The van der Waals surface area contributed by atoms with Crippen LogP contribution < -0.4 is 5.32 Å². The van der Waals surface area contributed by atoms with E-state index >= 15 is 0 Å². The van der Waals surface area contributed by atoms with Crippen molar-refractivity contribution < 1.29 is 9.50 Å². The Morgan fingerprint density at radius 1 is 1.58 bits per heavy atom. The number of hydrogen-bond donors (Lipinski definition) is 2. The minimum Gasteiger partial charge on any atom is -0.389 e. The first-order valence-corrected chi connectivity index (χ1v) is 4.51. The fourth-order valence-electron chi connectivity index (χ4n) is 1.78. The van der Waals surface area contributed by atoms with Gasteiger partial charge in [-0.15, -0.1) is 0 Å². The van der Waals surface area contributed by atoms with E-state index in [0.29, 0.717) is 18.0 Å². The number of halogens is 1. The van der Waals surface area contributed by atoms with Gasteiger partial charge in [-0.25, -0.2) is 4.39 Å². The van der Waals surface area contributed by atoms with E-state index in [1.54, 1.807) is 0 Å². The fourth-order valence-corrected chi connectivity index (χ4v) is 1.78. The fraction of sp³-hybridized carbons (Fsp3) is 1.00. The van der Waals surface area contributed by atoms with Gasteiger partial charge in [-0.3, -0.25) is 0 Å². The Hall–Kier alpha value is -0.150. The van der Waals surface area contributed by atoms with Crippen LogP contribution in [0.3, 0.4) is 0 Å². The average molecular weight is 175 g/mol. The quantitative estimate of drug-likeness (QED) is 0.670. The summed E-state index contributed by atoms with van der Waals surface area (Å²) in [6, 6.07) is 0.487. The van der Waals surface area contributed by atoms with Gasteiger partial charge in [0.2, 0.25) is 0 Å². The molecule has 0 amide bonds. The summed E-state index contributed by atoms with van der Waals surface area (Å²) in [7, 11) is 0. The third-order valence-electron chi connectivity index (χ3n) is 2.42. The van der Waals surface area contributed by atoms with Crippen molar-refractivity contribution in [3.05, 3.63) is 0 Å². The van der Waals surface area contributed by atoms with Gasteiger partial charge in [-0.05, 0) is 18.3 Å². The van der Waals surface area contributed by atoms with E-state index in [2.05, 4.69) is 19.2 Å². The molecule has 0 heterocycles. The number of rotatable bonds is 4. The minimum absolute atomic E-state index is 0.386. The third-order valence-corrected chi connectivity index (χ3v) is 2.42. The van der Waals surface area contributed by atoms with Crippen molar-refractivity contribution >= 4 is 0 Å². The Morgan fingerprint density at radius 3 is 2.58 bits per heavy atom. The van der Waals surface area contributed by atoms with Gasteiger partial charge in [0.25, 0.3) is 0 Å². The molecule has 1 rings (SSSR count). The second-order valence-electron chi connectivity index (χ2n) is 4.49. The SMILES string of the molecule is CC1(C)CC(NCC(O)CF)C1. The van der Waals surface area contributed by atoms with Crippen LogP contribution in [0, 0.1) is 5.41 Å². The minimum atomic E-state index is -0.825.